The van der Waals surface area contributed by atoms with Crippen molar-refractivity contribution in [2.75, 3.05) is 45.3 Å². The number of hydrogen-bond acceptors (Lipinski definition) is 4. The lowest BCUT2D eigenvalue weighted by molar-refractivity contribution is -0.117. The number of benzene rings is 2. The zero-order valence-corrected chi connectivity index (χ0v) is 17.4. The van der Waals surface area contributed by atoms with Crippen LogP contribution in [0.25, 0.3) is 0 Å². The molecule has 150 valence electrons. The molecule has 1 atom stereocenters. The van der Waals surface area contributed by atoms with Gasteiger partial charge in [-0.15, -0.1) is 0 Å². The van der Waals surface area contributed by atoms with Crippen molar-refractivity contribution in [3.63, 3.8) is 0 Å². The van der Waals surface area contributed by atoms with Crippen LogP contribution in [0.1, 0.15) is 23.1 Å². The Morgan fingerprint density at radius 1 is 1.00 bits per heavy atom. The van der Waals surface area contributed by atoms with E-state index in [9.17, 15) is 4.79 Å². The van der Waals surface area contributed by atoms with Gasteiger partial charge in [0.15, 0.2) is 0 Å². The number of rotatable bonds is 8. The fourth-order valence-corrected chi connectivity index (χ4v) is 3.79. The van der Waals surface area contributed by atoms with E-state index in [0.717, 1.165) is 51.9 Å². The lowest BCUT2D eigenvalue weighted by Crippen LogP contribution is -2.48. The van der Waals surface area contributed by atoms with E-state index in [-0.39, 0.29) is 0 Å². The SMILES string of the molecule is Cc1ccc(C[C@](C=O)(CCc2ccc(N3CCOCC3)cc2)N(C)C)cc1. The smallest absolute Gasteiger partial charge is 0.140 e. The summed E-state index contributed by atoms with van der Waals surface area (Å²) in [6, 6.07) is 17.3. The molecule has 0 N–H and O–H groups in total. The molecule has 0 aliphatic carbocycles. The number of anilines is 1. The lowest BCUT2D eigenvalue weighted by Gasteiger charge is -2.35. The van der Waals surface area contributed by atoms with E-state index in [0.29, 0.717) is 0 Å². The highest BCUT2D eigenvalue weighted by molar-refractivity contribution is 5.65. The van der Waals surface area contributed by atoms with Gasteiger partial charge in [0.2, 0.25) is 0 Å². The molecular weight excluding hydrogens is 348 g/mol. The van der Waals surface area contributed by atoms with Gasteiger partial charge in [0.1, 0.15) is 6.29 Å². The summed E-state index contributed by atoms with van der Waals surface area (Å²) in [4.78, 5) is 16.6. The summed E-state index contributed by atoms with van der Waals surface area (Å²) in [5, 5.41) is 0. The maximum Gasteiger partial charge on any atom is 0.140 e. The Hall–Kier alpha value is -2.17. The van der Waals surface area contributed by atoms with E-state index in [1.165, 1.54) is 22.4 Å². The van der Waals surface area contributed by atoms with Gasteiger partial charge in [-0.3, -0.25) is 4.90 Å². The van der Waals surface area contributed by atoms with Crippen LogP contribution < -0.4 is 4.90 Å². The minimum Gasteiger partial charge on any atom is -0.378 e. The Morgan fingerprint density at radius 3 is 2.18 bits per heavy atom. The molecule has 0 aromatic heterocycles. The minimum atomic E-state index is -0.488. The van der Waals surface area contributed by atoms with E-state index >= 15 is 0 Å². The third kappa shape index (κ3) is 5.00. The lowest BCUT2D eigenvalue weighted by atomic mass is 9.85. The van der Waals surface area contributed by atoms with E-state index in [1.54, 1.807) is 0 Å². The zero-order valence-electron chi connectivity index (χ0n) is 17.4. The molecule has 0 bridgehead atoms. The monoisotopic (exact) mass is 380 g/mol. The van der Waals surface area contributed by atoms with E-state index in [2.05, 4.69) is 65.3 Å². The molecule has 1 aliphatic rings. The molecule has 2 aromatic carbocycles. The number of morpholine rings is 1. The molecule has 3 rings (SSSR count). The largest absolute Gasteiger partial charge is 0.378 e. The van der Waals surface area contributed by atoms with Gasteiger partial charge in [0.05, 0.1) is 18.8 Å². The fraction of sp³-hybridized carbons (Fsp3) is 0.458. The number of likely N-dealkylation sites (N-methyl/N-ethyl adjacent to an activating group) is 1. The standard InChI is InChI=1S/C24H32N2O2/c1-20-4-6-22(7-5-20)18-24(19-27,25(2)3)13-12-21-8-10-23(11-9-21)26-14-16-28-17-15-26/h4-11,19H,12-18H2,1-3H3/t24-/m0/s1. The van der Waals surface area contributed by atoms with Gasteiger partial charge in [-0.1, -0.05) is 42.0 Å². The van der Waals surface area contributed by atoms with E-state index in [1.807, 2.05) is 14.1 Å². The van der Waals surface area contributed by atoms with Gasteiger partial charge in [-0.25, -0.2) is 0 Å². The molecule has 1 heterocycles. The molecule has 1 fully saturated rings. The highest BCUT2D eigenvalue weighted by atomic mass is 16.5. The van der Waals surface area contributed by atoms with Gasteiger partial charge >= 0.3 is 0 Å². The van der Waals surface area contributed by atoms with Crippen molar-refractivity contribution < 1.29 is 9.53 Å². The zero-order chi connectivity index (χ0) is 20.0. The maximum atomic E-state index is 12.2. The highest BCUT2D eigenvalue weighted by Crippen LogP contribution is 2.25. The maximum absolute atomic E-state index is 12.2. The summed E-state index contributed by atoms with van der Waals surface area (Å²) >= 11 is 0. The average molecular weight is 381 g/mol. The molecule has 0 spiro atoms. The van der Waals surface area contributed by atoms with Gasteiger partial charge in [-0.05, 0) is 63.5 Å². The minimum absolute atomic E-state index is 0.488. The van der Waals surface area contributed by atoms with E-state index < -0.39 is 5.54 Å². The van der Waals surface area contributed by atoms with Crippen molar-refractivity contribution in [3.8, 4) is 0 Å². The Kier molecular flexibility index (Phi) is 6.87. The number of aryl methyl sites for hydroxylation is 2. The molecule has 1 saturated heterocycles. The number of carbonyl (C=O) groups excluding carboxylic acids is 1. The summed E-state index contributed by atoms with van der Waals surface area (Å²) in [6.07, 6.45) is 3.55. The number of hydrogen-bond donors (Lipinski definition) is 0. The van der Waals surface area contributed by atoms with Crippen LogP contribution in [-0.2, 0) is 22.4 Å². The van der Waals surface area contributed by atoms with Crippen molar-refractivity contribution >= 4 is 12.0 Å². The first-order valence-electron chi connectivity index (χ1n) is 10.1. The molecule has 0 radical (unpaired) electrons. The highest BCUT2D eigenvalue weighted by Gasteiger charge is 2.32. The van der Waals surface area contributed by atoms with Crippen LogP contribution in [0.2, 0.25) is 0 Å². The summed E-state index contributed by atoms with van der Waals surface area (Å²) < 4.78 is 5.43. The van der Waals surface area contributed by atoms with Crippen LogP contribution in [0, 0.1) is 6.92 Å². The Labute approximate surface area is 169 Å². The number of ether oxygens (including phenoxy) is 1. The summed E-state index contributed by atoms with van der Waals surface area (Å²) in [5.74, 6) is 0. The molecule has 28 heavy (non-hydrogen) atoms. The van der Waals surface area contributed by atoms with Crippen LogP contribution in [0.3, 0.4) is 0 Å². The van der Waals surface area contributed by atoms with E-state index in [4.69, 9.17) is 4.74 Å². The second-order valence-corrected chi connectivity index (χ2v) is 8.04. The molecule has 0 amide bonds. The van der Waals surface area contributed by atoms with Crippen LogP contribution in [-0.4, -0.2) is 57.1 Å². The predicted molar refractivity (Wildman–Crippen MR) is 115 cm³/mol. The van der Waals surface area contributed by atoms with Crippen molar-refractivity contribution in [1.82, 2.24) is 4.90 Å². The summed E-state index contributed by atoms with van der Waals surface area (Å²) in [7, 11) is 4.01. The van der Waals surface area contributed by atoms with Crippen LogP contribution in [0.15, 0.2) is 48.5 Å². The van der Waals surface area contributed by atoms with Gasteiger partial charge < -0.3 is 14.4 Å². The number of aldehydes is 1. The van der Waals surface area contributed by atoms with Crippen LogP contribution in [0.4, 0.5) is 5.69 Å². The molecular formula is C24H32N2O2. The second kappa shape index (κ2) is 9.35. The van der Waals surface area contributed by atoms with Crippen LogP contribution >= 0.6 is 0 Å². The first-order chi connectivity index (χ1) is 13.5. The first kappa shape index (κ1) is 20.6. The third-order valence-electron chi connectivity index (χ3n) is 5.90. The normalized spacial score (nSPS) is 16.8. The molecule has 4 heteroatoms. The fourth-order valence-electron chi connectivity index (χ4n) is 3.79. The van der Waals surface area contributed by atoms with Crippen molar-refractivity contribution in [1.29, 1.82) is 0 Å². The summed E-state index contributed by atoms with van der Waals surface area (Å²) in [6.45, 7) is 5.58. The molecule has 4 nitrogen and oxygen atoms in total. The van der Waals surface area contributed by atoms with Crippen molar-refractivity contribution in [3.05, 3.63) is 65.2 Å². The Balaban J connectivity index is 1.67. The van der Waals surface area contributed by atoms with Gasteiger partial charge in [0.25, 0.3) is 0 Å². The molecule has 2 aromatic rings. The van der Waals surface area contributed by atoms with Gasteiger partial charge in [0, 0.05) is 18.8 Å². The first-order valence-corrected chi connectivity index (χ1v) is 10.1. The quantitative estimate of drug-likeness (QED) is 0.656. The molecule has 0 unspecified atom stereocenters. The second-order valence-electron chi connectivity index (χ2n) is 8.04. The van der Waals surface area contributed by atoms with Gasteiger partial charge in [-0.2, -0.15) is 0 Å². The van der Waals surface area contributed by atoms with Crippen LogP contribution in [0.5, 0.6) is 0 Å². The third-order valence-corrected chi connectivity index (χ3v) is 5.90. The average Bonchev–Trinajstić information content (AvgIpc) is 2.73. The van der Waals surface area contributed by atoms with Crippen molar-refractivity contribution in [2.45, 2.75) is 31.7 Å². The predicted octanol–water partition coefficient (Wildman–Crippen LogP) is 3.51. The number of carbonyl (C=O) groups is 1. The van der Waals surface area contributed by atoms with Crippen molar-refractivity contribution in [2.24, 2.45) is 0 Å². The molecule has 1 aliphatic heterocycles. The Bertz CT molecular complexity index is 749. The number of nitrogens with zero attached hydrogens (tertiary/aromatic N) is 2. The summed E-state index contributed by atoms with van der Waals surface area (Å²) in [5.41, 5.74) is 4.48. The molecule has 0 saturated carbocycles. The Morgan fingerprint density at radius 2 is 1.61 bits per heavy atom. The topological polar surface area (TPSA) is 32.8 Å².